The van der Waals surface area contributed by atoms with Crippen molar-refractivity contribution in [1.29, 1.82) is 0 Å². The summed E-state index contributed by atoms with van der Waals surface area (Å²) in [5.74, 6) is -1.99. The summed E-state index contributed by atoms with van der Waals surface area (Å²) in [5, 5.41) is 14.4. The summed E-state index contributed by atoms with van der Waals surface area (Å²) >= 11 is 2.59. The van der Waals surface area contributed by atoms with E-state index < -0.39 is 24.2 Å². The molecule has 11 heteroatoms. The van der Waals surface area contributed by atoms with Gasteiger partial charge in [0.25, 0.3) is 5.79 Å². The van der Waals surface area contributed by atoms with Crippen LogP contribution in [0, 0.1) is 0 Å². The number of aromatic nitrogens is 2. The number of carbonyl (C=O) groups is 2. The van der Waals surface area contributed by atoms with Gasteiger partial charge in [-0.15, -0.1) is 22.7 Å². The third-order valence-electron chi connectivity index (χ3n) is 5.82. The van der Waals surface area contributed by atoms with Gasteiger partial charge in [-0.1, -0.05) is 61.9 Å². The van der Waals surface area contributed by atoms with Gasteiger partial charge in [0.05, 0.1) is 28.1 Å². The Labute approximate surface area is 235 Å². The van der Waals surface area contributed by atoms with Crippen molar-refractivity contribution in [2.24, 2.45) is 0 Å². The number of alkyl carbamates (subject to hydrolysis) is 1. The molecule has 0 bridgehead atoms. The molecule has 0 aliphatic carbocycles. The van der Waals surface area contributed by atoms with E-state index in [1.54, 1.807) is 41.5 Å². The third kappa shape index (κ3) is 7.85. The second-order valence-corrected chi connectivity index (χ2v) is 10.6. The summed E-state index contributed by atoms with van der Waals surface area (Å²) in [5.41, 5.74) is 4.48. The lowest BCUT2D eigenvalue weighted by atomic mass is 10.0. The van der Waals surface area contributed by atoms with Gasteiger partial charge in [-0.05, 0) is 24.1 Å². The molecule has 4 rings (SSSR count). The van der Waals surface area contributed by atoms with E-state index in [0.717, 1.165) is 16.9 Å². The number of unbranched alkanes of at least 4 members (excludes halogenated alkanes) is 1. The molecule has 2 N–H and O–H groups in total. The first-order valence-electron chi connectivity index (χ1n) is 12.5. The van der Waals surface area contributed by atoms with Crippen LogP contribution >= 0.6 is 22.7 Å². The Morgan fingerprint density at radius 2 is 1.72 bits per heavy atom. The predicted molar refractivity (Wildman–Crippen MR) is 150 cm³/mol. The molecule has 0 spiro atoms. The Morgan fingerprint density at radius 3 is 2.36 bits per heavy atom. The lowest BCUT2D eigenvalue weighted by Gasteiger charge is -2.34. The fraction of sp³-hybridized carbons (Fsp3) is 0.286. The molecule has 0 aliphatic rings. The number of ether oxygens (including phenoxy) is 2. The van der Waals surface area contributed by atoms with Crippen molar-refractivity contribution < 1.29 is 24.2 Å². The zero-order valence-corrected chi connectivity index (χ0v) is 23.1. The van der Waals surface area contributed by atoms with Gasteiger partial charge >= 0.3 is 12.2 Å². The summed E-state index contributed by atoms with van der Waals surface area (Å²) in [4.78, 5) is 37.3. The maximum atomic E-state index is 13.9. The second-order valence-electron chi connectivity index (χ2n) is 8.71. The number of para-hydroxylation sites is 1. The summed E-state index contributed by atoms with van der Waals surface area (Å²) < 4.78 is 11.6. The quantitative estimate of drug-likeness (QED) is 0.200. The highest BCUT2D eigenvalue weighted by Gasteiger charge is 2.40. The van der Waals surface area contributed by atoms with Crippen LogP contribution < -0.4 is 10.2 Å². The summed E-state index contributed by atoms with van der Waals surface area (Å²) in [6, 6.07) is 18.1. The van der Waals surface area contributed by atoms with Crippen LogP contribution in [0.4, 0.5) is 15.3 Å². The molecule has 0 saturated carbocycles. The van der Waals surface area contributed by atoms with Crippen LogP contribution in [-0.4, -0.2) is 33.5 Å². The largest absolute Gasteiger partial charge is 0.425 e. The molecule has 39 heavy (non-hydrogen) atoms. The molecule has 2 aromatic carbocycles. The second kappa shape index (κ2) is 13.8. The number of aliphatic hydroxyl groups is 1. The molecule has 0 saturated heterocycles. The number of nitrogens with one attached hydrogen (secondary N) is 1. The van der Waals surface area contributed by atoms with E-state index >= 15 is 0 Å². The number of benzene rings is 2. The van der Waals surface area contributed by atoms with Crippen LogP contribution in [0.2, 0.25) is 0 Å². The normalized spacial score (nSPS) is 13.2. The van der Waals surface area contributed by atoms with Crippen molar-refractivity contribution >= 4 is 40.5 Å². The van der Waals surface area contributed by atoms with Gasteiger partial charge in [-0.3, -0.25) is 9.97 Å². The molecule has 2 atom stereocenters. The number of thiazole rings is 2. The van der Waals surface area contributed by atoms with Crippen molar-refractivity contribution in [1.82, 2.24) is 15.3 Å². The van der Waals surface area contributed by atoms with Crippen LogP contribution in [0.1, 0.15) is 41.5 Å². The minimum absolute atomic E-state index is 0.0141. The maximum Gasteiger partial charge on any atom is 0.420 e. The number of anilines is 1. The SMILES string of the molecule is CCCCC(OC(=O)NCc1cncs1)N(C(=O)OC(O)(Cc1ccccc1)c1cncs1)c1ccccc1. The van der Waals surface area contributed by atoms with E-state index in [0.29, 0.717) is 23.4 Å². The molecule has 2 aromatic heterocycles. The van der Waals surface area contributed by atoms with Crippen molar-refractivity contribution in [3.8, 4) is 0 Å². The molecule has 2 unspecified atom stereocenters. The molecule has 0 fully saturated rings. The van der Waals surface area contributed by atoms with Gasteiger partial charge in [-0.2, -0.15) is 0 Å². The van der Waals surface area contributed by atoms with Gasteiger partial charge in [0.2, 0.25) is 0 Å². The predicted octanol–water partition coefficient (Wildman–Crippen LogP) is 6.07. The van der Waals surface area contributed by atoms with E-state index in [4.69, 9.17) is 9.47 Å². The average molecular weight is 567 g/mol. The van der Waals surface area contributed by atoms with Gasteiger partial charge < -0.3 is 19.9 Å². The fourth-order valence-corrected chi connectivity index (χ4v) is 5.09. The summed E-state index contributed by atoms with van der Waals surface area (Å²) in [6.45, 7) is 2.26. The zero-order valence-electron chi connectivity index (χ0n) is 21.4. The highest BCUT2D eigenvalue weighted by atomic mass is 32.1. The number of hydrogen-bond donors (Lipinski definition) is 2. The van der Waals surface area contributed by atoms with Crippen molar-refractivity contribution in [2.75, 3.05) is 4.90 Å². The monoisotopic (exact) mass is 566 g/mol. The first-order valence-corrected chi connectivity index (χ1v) is 14.3. The highest BCUT2D eigenvalue weighted by molar-refractivity contribution is 7.09. The average Bonchev–Trinajstić information content (AvgIpc) is 3.67. The van der Waals surface area contributed by atoms with E-state index in [9.17, 15) is 14.7 Å². The molecule has 9 nitrogen and oxygen atoms in total. The van der Waals surface area contributed by atoms with E-state index in [1.807, 2.05) is 43.3 Å². The first-order chi connectivity index (χ1) is 19.0. The standard InChI is InChI=1S/C28H30N4O5S2/c1-2-3-14-25(36-26(33)31-17-23-16-29-19-38-23)32(22-12-8-5-9-13-22)27(34)37-28(35,24-18-30-20-39-24)15-21-10-6-4-7-11-21/h4-13,16,18-20,25,35H,2-3,14-15,17H2,1H3,(H,31,33). The fourth-order valence-electron chi connectivity index (χ4n) is 3.90. The number of rotatable bonds is 12. The van der Waals surface area contributed by atoms with Crippen molar-refractivity contribution in [3.05, 3.63) is 99.4 Å². The number of amides is 2. The molecule has 2 heterocycles. The first kappa shape index (κ1) is 28.2. The number of carbonyl (C=O) groups excluding carboxylic acids is 2. The van der Waals surface area contributed by atoms with Gasteiger partial charge in [0.15, 0.2) is 6.23 Å². The van der Waals surface area contributed by atoms with Gasteiger partial charge in [0, 0.05) is 30.1 Å². The summed E-state index contributed by atoms with van der Waals surface area (Å²) in [7, 11) is 0. The minimum atomic E-state index is -1.99. The van der Waals surface area contributed by atoms with Crippen LogP contribution in [0.25, 0.3) is 0 Å². The molecule has 0 radical (unpaired) electrons. The Kier molecular flexibility index (Phi) is 10.0. The van der Waals surface area contributed by atoms with Crippen LogP contribution in [0.3, 0.4) is 0 Å². The number of nitrogens with zero attached hydrogens (tertiary/aromatic N) is 3. The third-order valence-corrected chi connectivity index (χ3v) is 7.50. The highest BCUT2D eigenvalue weighted by Crippen LogP contribution is 2.32. The molecule has 4 aromatic rings. The maximum absolute atomic E-state index is 13.9. The lowest BCUT2D eigenvalue weighted by molar-refractivity contribution is -0.166. The molecular weight excluding hydrogens is 536 g/mol. The van der Waals surface area contributed by atoms with Gasteiger partial charge in [0.1, 0.15) is 0 Å². The Balaban J connectivity index is 1.61. The minimum Gasteiger partial charge on any atom is -0.425 e. The Hall–Kier alpha value is -3.80. The zero-order chi connectivity index (χ0) is 27.5. The molecule has 2 amide bonds. The van der Waals surface area contributed by atoms with Crippen LogP contribution in [0.15, 0.2) is 84.1 Å². The summed E-state index contributed by atoms with van der Waals surface area (Å²) in [6.07, 6.45) is 2.51. The van der Waals surface area contributed by atoms with Crippen molar-refractivity contribution in [2.45, 2.75) is 51.2 Å². The van der Waals surface area contributed by atoms with Gasteiger partial charge in [-0.25, -0.2) is 14.5 Å². The molecular formula is C28H30N4O5S2. The smallest absolute Gasteiger partial charge is 0.420 e. The van der Waals surface area contributed by atoms with Crippen LogP contribution in [0.5, 0.6) is 0 Å². The van der Waals surface area contributed by atoms with Crippen LogP contribution in [-0.2, 0) is 28.2 Å². The van der Waals surface area contributed by atoms with E-state index in [2.05, 4.69) is 15.3 Å². The Bertz CT molecular complexity index is 1290. The molecule has 204 valence electrons. The van der Waals surface area contributed by atoms with E-state index in [1.165, 1.54) is 33.8 Å². The van der Waals surface area contributed by atoms with Crippen molar-refractivity contribution in [3.63, 3.8) is 0 Å². The van der Waals surface area contributed by atoms with E-state index in [-0.39, 0.29) is 13.0 Å². The lowest BCUT2D eigenvalue weighted by Crippen LogP contribution is -2.48. The topological polar surface area (TPSA) is 114 Å². The number of hydrogen-bond acceptors (Lipinski definition) is 9. The molecule has 0 aliphatic heterocycles. The Morgan fingerprint density at radius 1 is 1.03 bits per heavy atom.